The third-order valence-corrected chi connectivity index (χ3v) is 1.99. The molecule has 2 fully saturated rings. The summed E-state index contributed by atoms with van der Waals surface area (Å²) in [4.78, 5) is 10.7. The number of esters is 1. The number of hydrogen-bond acceptors (Lipinski definition) is 4. The molecule has 0 bridgehead atoms. The van der Waals surface area contributed by atoms with Gasteiger partial charge in [0.25, 0.3) is 0 Å². The molecule has 0 spiro atoms. The topological polar surface area (TPSA) is 51.4 Å². The molecule has 2 heterocycles. The van der Waals surface area contributed by atoms with E-state index in [0.29, 0.717) is 12.7 Å². The molecule has 0 aromatic carbocycles. The summed E-state index contributed by atoms with van der Waals surface area (Å²) in [6, 6.07) is 0. The Morgan fingerprint density at radius 2 is 2.25 bits per heavy atom. The van der Waals surface area contributed by atoms with Crippen LogP contribution in [0.4, 0.5) is 0 Å². The van der Waals surface area contributed by atoms with E-state index in [1.165, 1.54) is 6.92 Å². The van der Waals surface area contributed by atoms with Crippen LogP contribution in [0.25, 0.3) is 0 Å². The molecular weight excluding hydrogens is 160 g/mol. The molecular formula is C8H12O4. The molecule has 0 aromatic rings. The van der Waals surface area contributed by atoms with Crippen LogP contribution in [0.1, 0.15) is 13.3 Å². The van der Waals surface area contributed by atoms with Crippen molar-refractivity contribution in [3.63, 3.8) is 0 Å². The maximum atomic E-state index is 10.7. The zero-order chi connectivity index (χ0) is 8.55. The van der Waals surface area contributed by atoms with Crippen LogP contribution in [0.3, 0.4) is 0 Å². The Morgan fingerprint density at radius 1 is 1.58 bits per heavy atom. The van der Waals surface area contributed by atoms with Gasteiger partial charge in [0, 0.05) is 13.3 Å². The van der Waals surface area contributed by atoms with E-state index in [4.69, 9.17) is 14.2 Å². The van der Waals surface area contributed by atoms with Crippen molar-refractivity contribution in [1.82, 2.24) is 0 Å². The summed E-state index contributed by atoms with van der Waals surface area (Å²) >= 11 is 0. The van der Waals surface area contributed by atoms with Gasteiger partial charge in [0.15, 0.2) is 0 Å². The van der Waals surface area contributed by atoms with Gasteiger partial charge in [0.05, 0.1) is 19.3 Å². The van der Waals surface area contributed by atoms with E-state index in [0.717, 1.165) is 13.0 Å². The highest BCUT2D eigenvalue weighted by Crippen LogP contribution is 2.26. The van der Waals surface area contributed by atoms with Gasteiger partial charge < -0.3 is 14.2 Å². The highest BCUT2D eigenvalue weighted by molar-refractivity contribution is 5.66. The molecule has 0 aromatic heterocycles. The smallest absolute Gasteiger partial charge is 0.302 e. The molecule has 4 heteroatoms. The van der Waals surface area contributed by atoms with Gasteiger partial charge in [-0.05, 0) is 0 Å². The van der Waals surface area contributed by atoms with E-state index in [2.05, 4.69) is 0 Å². The Kier molecular flexibility index (Phi) is 2.02. The highest BCUT2D eigenvalue weighted by atomic mass is 16.6. The highest BCUT2D eigenvalue weighted by Gasteiger charge is 2.39. The van der Waals surface area contributed by atoms with Gasteiger partial charge in [-0.1, -0.05) is 0 Å². The number of ether oxygens (including phenoxy) is 3. The monoisotopic (exact) mass is 172 g/mol. The second-order valence-corrected chi connectivity index (χ2v) is 3.21. The van der Waals surface area contributed by atoms with Crippen molar-refractivity contribution < 1.29 is 19.0 Å². The maximum Gasteiger partial charge on any atom is 0.302 e. The zero-order valence-corrected chi connectivity index (χ0v) is 6.99. The second kappa shape index (κ2) is 3.03. The predicted molar refractivity (Wildman–Crippen MR) is 39.7 cm³/mol. The first-order valence-electron chi connectivity index (χ1n) is 4.16. The first kappa shape index (κ1) is 8.01. The van der Waals surface area contributed by atoms with E-state index in [9.17, 15) is 4.79 Å². The van der Waals surface area contributed by atoms with Crippen molar-refractivity contribution in [2.24, 2.45) is 0 Å². The van der Waals surface area contributed by atoms with Gasteiger partial charge in [-0.15, -0.1) is 0 Å². The summed E-state index contributed by atoms with van der Waals surface area (Å²) in [5, 5.41) is 0. The minimum absolute atomic E-state index is 0.0880. The van der Waals surface area contributed by atoms with Crippen LogP contribution in [-0.4, -0.2) is 37.5 Å². The average Bonchev–Trinajstić information content (AvgIpc) is 2.82. The summed E-state index contributed by atoms with van der Waals surface area (Å²) in [6.45, 7) is 2.93. The van der Waals surface area contributed by atoms with Crippen molar-refractivity contribution in [3.05, 3.63) is 0 Å². The first-order chi connectivity index (χ1) is 5.75. The lowest BCUT2D eigenvalue weighted by Gasteiger charge is -2.12. The van der Waals surface area contributed by atoms with Gasteiger partial charge in [-0.3, -0.25) is 4.79 Å². The molecule has 68 valence electrons. The minimum Gasteiger partial charge on any atom is -0.460 e. The predicted octanol–water partition coefficient (Wildman–Crippen LogP) is 0.106. The van der Waals surface area contributed by atoms with Crippen molar-refractivity contribution in [1.29, 1.82) is 0 Å². The summed E-state index contributed by atoms with van der Waals surface area (Å²) in [5.74, 6) is -0.240. The second-order valence-electron chi connectivity index (χ2n) is 3.21. The van der Waals surface area contributed by atoms with Crippen LogP contribution in [-0.2, 0) is 19.0 Å². The Morgan fingerprint density at radius 3 is 2.67 bits per heavy atom. The third-order valence-electron chi connectivity index (χ3n) is 1.99. The van der Waals surface area contributed by atoms with Crippen LogP contribution in [0, 0.1) is 0 Å². The van der Waals surface area contributed by atoms with Crippen molar-refractivity contribution >= 4 is 5.97 Å². The summed E-state index contributed by atoms with van der Waals surface area (Å²) < 4.78 is 15.2. The number of rotatable bonds is 4. The molecule has 3 atom stereocenters. The quantitative estimate of drug-likeness (QED) is 0.446. The molecule has 2 saturated heterocycles. The Labute approximate surface area is 70.8 Å². The van der Waals surface area contributed by atoms with Gasteiger partial charge in [-0.25, -0.2) is 0 Å². The van der Waals surface area contributed by atoms with E-state index < -0.39 is 0 Å². The SMILES string of the molecule is CC(=O)OC(CC1CO1)C1CO1. The lowest BCUT2D eigenvalue weighted by molar-refractivity contribution is -0.147. The Bertz CT molecular complexity index is 183. The van der Waals surface area contributed by atoms with Gasteiger partial charge >= 0.3 is 5.97 Å². The molecule has 0 N–H and O–H groups in total. The fourth-order valence-electron chi connectivity index (χ4n) is 1.22. The lowest BCUT2D eigenvalue weighted by Crippen LogP contribution is -2.24. The first-order valence-corrected chi connectivity index (χ1v) is 4.16. The van der Waals surface area contributed by atoms with E-state index in [1.54, 1.807) is 0 Å². The summed E-state index contributed by atoms with van der Waals surface area (Å²) in [5.41, 5.74) is 0. The molecule has 2 aliphatic rings. The maximum absolute atomic E-state index is 10.7. The molecule has 0 radical (unpaired) electrons. The molecule has 2 rings (SSSR count). The average molecular weight is 172 g/mol. The largest absolute Gasteiger partial charge is 0.460 e. The van der Waals surface area contributed by atoms with Gasteiger partial charge in [0.2, 0.25) is 0 Å². The minimum atomic E-state index is -0.240. The van der Waals surface area contributed by atoms with Crippen LogP contribution >= 0.6 is 0 Å². The number of carbonyl (C=O) groups excluding carboxylic acids is 1. The fraction of sp³-hybridized carbons (Fsp3) is 0.875. The van der Waals surface area contributed by atoms with Crippen LogP contribution in [0.15, 0.2) is 0 Å². The molecule has 0 amide bonds. The molecule has 0 saturated carbocycles. The van der Waals surface area contributed by atoms with Crippen LogP contribution in [0.5, 0.6) is 0 Å². The summed E-state index contributed by atoms with van der Waals surface area (Å²) in [7, 11) is 0. The summed E-state index contributed by atoms with van der Waals surface area (Å²) in [6.07, 6.45) is 1.11. The third kappa shape index (κ3) is 2.19. The number of epoxide rings is 2. The standard InChI is InChI=1S/C8H12O4/c1-5(9)12-7(8-4-11-8)2-6-3-10-6/h6-8H,2-4H2,1H3. The number of hydrogen-bond donors (Lipinski definition) is 0. The van der Waals surface area contributed by atoms with Crippen LogP contribution in [0.2, 0.25) is 0 Å². The molecule has 3 unspecified atom stereocenters. The van der Waals surface area contributed by atoms with Crippen molar-refractivity contribution in [2.45, 2.75) is 31.7 Å². The molecule has 4 nitrogen and oxygen atoms in total. The normalized spacial score (nSPS) is 34.1. The van der Waals surface area contributed by atoms with Crippen molar-refractivity contribution in [3.8, 4) is 0 Å². The van der Waals surface area contributed by atoms with Gasteiger partial charge in [-0.2, -0.15) is 0 Å². The molecule has 2 aliphatic heterocycles. The Hall–Kier alpha value is -0.610. The molecule has 12 heavy (non-hydrogen) atoms. The van der Waals surface area contributed by atoms with Crippen molar-refractivity contribution in [2.75, 3.05) is 13.2 Å². The molecule has 0 aliphatic carbocycles. The zero-order valence-electron chi connectivity index (χ0n) is 6.99. The van der Waals surface area contributed by atoms with E-state index in [-0.39, 0.29) is 18.2 Å². The Balaban J connectivity index is 1.78. The van der Waals surface area contributed by atoms with E-state index >= 15 is 0 Å². The number of carbonyl (C=O) groups is 1. The van der Waals surface area contributed by atoms with Gasteiger partial charge in [0.1, 0.15) is 12.2 Å². The van der Waals surface area contributed by atoms with Crippen LogP contribution < -0.4 is 0 Å². The lowest BCUT2D eigenvalue weighted by atomic mass is 10.1. The van der Waals surface area contributed by atoms with E-state index in [1.807, 2.05) is 0 Å². The fourth-order valence-corrected chi connectivity index (χ4v) is 1.22.